The molecule has 0 amide bonds. The molecular weight excluding hydrogens is 284 g/mol. The molecule has 1 aromatic heterocycles. The zero-order valence-electron chi connectivity index (χ0n) is 13.2. The van der Waals surface area contributed by atoms with Crippen molar-refractivity contribution < 1.29 is 4.74 Å². The Kier molecular flexibility index (Phi) is 5.43. The minimum atomic E-state index is 0.576. The fourth-order valence-corrected chi connectivity index (χ4v) is 2.46. The first kappa shape index (κ1) is 16.1. The van der Waals surface area contributed by atoms with Crippen LogP contribution in [-0.4, -0.2) is 30.6 Å². The lowest BCUT2D eigenvalue weighted by Gasteiger charge is -2.18. The highest BCUT2D eigenvalue weighted by Crippen LogP contribution is 2.25. The Balaban J connectivity index is 2.18. The minimum Gasteiger partial charge on any atom is -0.497 e. The SMILES string of the molecule is COc1ccc2cc(CN(C)CCC(C)C)c(Cl)nc2c1. The van der Waals surface area contributed by atoms with Crippen molar-refractivity contribution in [1.82, 2.24) is 9.88 Å². The van der Waals surface area contributed by atoms with Gasteiger partial charge in [0.2, 0.25) is 0 Å². The molecule has 0 N–H and O–H groups in total. The molecule has 0 atom stereocenters. The fourth-order valence-electron chi connectivity index (χ4n) is 2.25. The molecule has 0 saturated carbocycles. The largest absolute Gasteiger partial charge is 0.497 e. The Morgan fingerprint density at radius 3 is 2.71 bits per heavy atom. The standard InChI is InChI=1S/C17H23ClN2O/c1-12(2)7-8-20(3)11-14-9-13-5-6-15(21-4)10-16(13)19-17(14)18/h5-6,9-10,12H,7-8,11H2,1-4H3. The number of ether oxygens (including phenoxy) is 1. The zero-order valence-corrected chi connectivity index (χ0v) is 13.9. The first-order valence-corrected chi connectivity index (χ1v) is 7.69. The first-order valence-electron chi connectivity index (χ1n) is 7.31. The molecular formula is C17H23ClN2O. The number of halogens is 1. The summed E-state index contributed by atoms with van der Waals surface area (Å²) in [6.45, 7) is 6.37. The second-order valence-corrected chi connectivity index (χ2v) is 6.28. The van der Waals surface area contributed by atoms with E-state index in [1.165, 1.54) is 6.42 Å². The minimum absolute atomic E-state index is 0.576. The van der Waals surface area contributed by atoms with Crippen molar-refractivity contribution in [2.45, 2.75) is 26.8 Å². The third-order valence-electron chi connectivity index (χ3n) is 3.58. The van der Waals surface area contributed by atoms with Crippen LogP contribution in [0, 0.1) is 5.92 Å². The van der Waals surface area contributed by atoms with Gasteiger partial charge in [0.25, 0.3) is 0 Å². The van der Waals surface area contributed by atoms with Gasteiger partial charge < -0.3 is 9.64 Å². The molecule has 1 aromatic carbocycles. The highest BCUT2D eigenvalue weighted by atomic mass is 35.5. The van der Waals surface area contributed by atoms with Gasteiger partial charge in [-0.1, -0.05) is 25.4 Å². The van der Waals surface area contributed by atoms with Gasteiger partial charge in [-0.15, -0.1) is 0 Å². The Hall–Kier alpha value is -1.32. The van der Waals surface area contributed by atoms with Gasteiger partial charge in [0.1, 0.15) is 10.9 Å². The lowest BCUT2D eigenvalue weighted by atomic mass is 10.1. The third kappa shape index (κ3) is 4.32. The van der Waals surface area contributed by atoms with Crippen molar-refractivity contribution in [3.8, 4) is 5.75 Å². The zero-order chi connectivity index (χ0) is 15.4. The van der Waals surface area contributed by atoms with Crippen molar-refractivity contribution in [3.63, 3.8) is 0 Å². The number of rotatable bonds is 6. The molecule has 0 saturated heterocycles. The average molecular weight is 307 g/mol. The third-order valence-corrected chi connectivity index (χ3v) is 3.91. The van der Waals surface area contributed by atoms with E-state index in [9.17, 15) is 0 Å². The maximum absolute atomic E-state index is 6.33. The summed E-state index contributed by atoms with van der Waals surface area (Å²) >= 11 is 6.33. The molecule has 0 aliphatic rings. The Morgan fingerprint density at radius 2 is 2.05 bits per heavy atom. The summed E-state index contributed by atoms with van der Waals surface area (Å²) in [6, 6.07) is 8.00. The van der Waals surface area contributed by atoms with Gasteiger partial charge in [-0.25, -0.2) is 4.98 Å². The predicted molar refractivity (Wildman–Crippen MR) is 89.1 cm³/mol. The summed E-state index contributed by atoms with van der Waals surface area (Å²) in [5.74, 6) is 1.51. The normalized spacial score (nSPS) is 11.6. The molecule has 0 fully saturated rings. The smallest absolute Gasteiger partial charge is 0.134 e. The molecule has 0 aliphatic carbocycles. The number of fused-ring (bicyclic) bond motifs is 1. The first-order chi connectivity index (χ1) is 9.99. The summed E-state index contributed by atoms with van der Waals surface area (Å²) in [5, 5.41) is 1.67. The number of pyridine rings is 1. The molecule has 4 heteroatoms. The summed E-state index contributed by atoms with van der Waals surface area (Å²) < 4.78 is 5.22. The molecule has 0 radical (unpaired) electrons. The topological polar surface area (TPSA) is 25.4 Å². The van der Waals surface area contributed by atoms with Gasteiger partial charge in [0, 0.05) is 23.6 Å². The second-order valence-electron chi connectivity index (χ2n) is 5.92. The van der Waals surface area contributed by atoms with Crippen molar-refractivity contribution in [3.05, 3.63) is 35.0 Å². The van der Waals surface area contributed by atoms with Crippen LogP contribution in [0.15, 0.2) is 24.3 Å². The van der Waals surface area contributed by atoms with E-state index in [1.54, 1.807) is 7.11 Å². The Labute approximate surface area is 131 Å². The molecule has 1 heterocycles. The van der Waals surface area contributed by atoms with Gasteiger partial charge in [0.05, 0.1) is 12.6 Å². The second kappa shape index (κ2) is 7.10. The predicted octanol–water partition coefficient (Wildman–Crippen LogP) is 4.37. The fraction of sp³-hybridized carbons (Fsp3) is 0.471. The Morgan fingerprint density at radius 1 is 1.29 bits per heavy atom. The van der Waals surface area contributed by atoms with Crippen molar-refractivity contribution >= 4 is 22.5 Å². The van der Waals surface area contributed by atoms with E-state index in [2.05, 4.69) is 36.8 Å². The Bertz CT molecular complexity index is 613. The summed E-state index contributed by atoms with van der Waals surface area (Å²) in [6.07, 6.45) is 1.19. The lowest BCUT2D eigenvalue weighted by Crippen LogP contribution is -2.20. The van der Waals surface area contributed by atoms with Gasteiger partial charge in [-0.2, -0.15) is 0 Å². The number of benzene rings is 1. The van der Waals surface area contributed by atoms with E-state index in [4.69, 9.17) is 16.3 Å². The summed E-state index contributed by atoms with van der Waals surface area (Å²) in [7, 11) is 3.78. The van der Waals surface area contributed by atoms with Crippen molar-refractivity contribution in [1.29, 1.82) is 0 Å². The molecule has 114 valence electrons. The van der Waals surface area contributed by atoms with E-state index in [-0.39, 0.29) is 0 Å². The molecule has 0 bridgehead atoms. The van der Waals surface area contributed by atoms with Crippen LogP contribution in [0.1, 0.15) is 25.8 Å². The van der Waals surface area contributed by atoms with Crippen molar-refractivity contribution in [2.24, 2.45) is 5.92 Å². The monoisotopic (exact) mass is 306 g/mol. The highest BCUT2D eigenvalue weighted by Gasteiger charge is 2.09. The van der Waals surface area contributed by atoms with Crippen LogP contribution in [0.3, 0.4) is 0 Å². The quantitative estimate of drug-likeness (QED) is 0.741. The molecule has 0 unspecified atom stereocenters. The van der Waals surface area contributed by atoms with E-state index < -0.39 is 0 Å². The van der Waals surface area contributed by atoms with Gasteiger partial charge in [0.15, 0.2) is 0 Å². The summed E-state index contributed by atoms with van der Waals surface area (Å²) in [4.78, 5) is 6.78. The van der Waals surface area contributed by atoms with Crippen LogP contribution in [0.4, 0.5) is 0 Å². The number of methoxy groups -OCH3 is 1. The molecule has 2 aromatic rings. The number of nitrogens with zero attached hydrogens (tertiary/aromatic N) is 2. The van der Waals surface area contributed by atoms with Gasteiger partial charge in [-0.05, 0) is 44.1 Å². The number of hydrogen-bond acceptors (Lipinski definition) is 3. The van der Waals surface area contributed by atoms with E-state index in [0.717, 1.165) is 35.3 Å². The number of hydrogen-bond donors (Lipinski definition) is 0. The molecule has 2 rings (SSSR count). The maximum Gasteiger partial charge on any atom is 0.134 e. The maximum atomic E-state index is 6.33. The van der Waals surface area contributed by atoms with Crippen LogP contribution in [0.2, 0.25) is 5.15 Å². The molecule has 0 aliphatic heterocycles. The molecule has 0 spiro atoms. The lowest BCUT2D eigenvalue weighted by molar-refractivity contribution is 0.303. The average Bonchev–Trinajstić information content (AvgIpc) is 2.45. The van der Waals surface area contributed by atoms with E-state index in [1.807, 2.05) is 18.2 Å². The van der Waals surface area contributed by atoms with Crippen LogP contribution in [-0.2, 0) is 6.54 Å². The van der Waals surface area contributed by atoms with Crippen LogP contribution >= 0.6 is 11.6 Å². The van der Waals surface area contributed by atoms with E-state index >= 15 is 0 Å². The highest BCUT2D eigenvalue weighted by molar-refractivity contribution is 6.30. The van der Waals surface area contributed by atoms with Crippen molar-refractivity contribution in [2.75, 3.05) is 20.7 Å². The van der Waals surface area contributed by atoms with Crippen LogP contribution in [0.5, 0.6) is 5.75 Å². The van der Waals surface area contributed by atoms with Gasteiger partial charge in [-0.3, -0.25) is 0 Å². The summed E-state index contributed by atoms with van der Waals surface area (Å²) in [5.41, 5.74) is 1.94. The van der Waals surface area contributed by atoms with Gasteiger partial charge >= 0.3 is 0 Å². The van der Waals surface area contributed by atoms with Crippen LogP contribution in [0.25, 0.3) is 10.9 Å². The van der Waals surface area contributed by atoms with E-state index in [0.29, 0.717) is 11.1 Å². The number of aromatic nitrogens is 1. The molecule has 21 heavy (non-hydrogen) atoms. The van der Waals surface area contributed by atoms with Crippen LogP contribution < -0.4 is 4.74 Å². The molecule has 3 nitrogen and oxygen atoms in total.